The van der Waals surface area contributed by atoms with Gasteiger partial charge in [0, 0.05) is 16.1 Å². The van der Waals surface area contributed by atoms with E-state index in [4.69, 9.17) is 16.3 Å². The zero-order valence-corrected chi connectivity index (χ0v) is 17.4. The number of benzene rings is 3. The van der Waals surface area contributed by atoms with Gasteiger partial charge in [0.1, 0.15) is 5.75 Å². The normalized spacial score (nSPS) is 14.8. The molecular formula is C24H19ClN2O4. The third-order valence-corrected chi connectivity index (χ3v) is 5.10. The standard InChI is InChI=1S/C24H19ClN2O4/c1-14-7-10-20-19(11-14)27-24(30)21(31-20)13-22(28)26-18-9-8-16(25)12-17(18)23(29)15-5-3-2-4-6-15/h2-12,21H,13H2,1H3,(H,26,28)(H,27,30)/t21-/m0/s1. The predicted molar refractivity (Wildman–Crippen MR) is 119 cm³/mol. The molecule has 6 nitrogen and oxygen atoms in total. The first-order chi connectivity index (χ1) is 14.9. The first-order valence-corrected chi connectivity index (χ1v) is 10.1. The Morgan fingerprint density at radius 1 is 1.06 bits per heavy atom. The van der Waals surface area contributed by atoms with Gasteiger partial charge < -0.3 is 15.4 Å². The first-order valence-electron chi connectivity index (χ1n) is 9.68. The van der Waals surface area contributed by atoms with Crippen LogP contribution in [0.2, 0.25) is 5.02 Å². The Hall–Kier alpha value is -3.64. The number of rotatable bonds is 5. The van der Waals surface area contributed by atoms with Crippen molar-refractivity contribution in [3.05, 3.63) is 88.4 Å². The van der Waals surface area contributed by atoms with Gasteiger partial charge in [-0.2, -0.15) is 0 Å². The number of carbonyl (C=O) groups excluding carboxylic acids is 3. The van der Waals surface area contributed by atoms with Crippen molar-refractivity contribution >= 4 is 40.6 Å². The summed E-state index contributed by atoms with van der Waals surface area (Å²) in [6.45, 7) is 1.91. The number of fused-ring (bicyclic) bond motifs is 1. The largest absolute Gasteiger partial charge is 0.478 e. The van der Waals surface area contributed by atoms with E-state index in [1.54, 1.807) is 48.5 Å². The summed E-state index contributed by atoms with van der Waals surface area (Å²) in [4.78, 5) is 38.0. The number of carbonyl (C=O) groups is 3. The minimum Gasteiger partial charge on any atom is -0.478 e. The van der Waals surface area contributed by atoms with Crippen LogP contribution in [0.15, 0.2) is 66.7 Å². The highest BCUT2D eigenvalue weighted by Crippen LogP contribution is 2.31. The van der Waals surface area contributed by atoms with Crippen LogP contribution in [0.1, 0.15) is 27.9 Å². The van der Waals surface area contributed by atoms with Crippen LogP contribution in [0.25, 0.3) is 0 Å². The zero-order chi connectivity index (χ0) is 22.0. The molecule has 0 aliphatic carbocycles. The van der Waals surface area contributed by atoms with Gasteiger partial charge in [0.05, 0.1) is 17.8 Å². The number of anilines is 2. The van der Waals surface area contributed by atoms with E-state index in [2.05, 4.69) is 10.6 Å². The fourth-order valence-electron chi connectivity index (χ4n) is 3.33. The number of ether oxygens (including phenoxy) is 1. The summed E-state index contributed by atoms with van der Waals surface area (Å²) >= 11 is 6.08. The van der Waals surface area contributed by atoms with E-state index in [1.165, 1.54) is 6.07 Å². The number of amides is 2. The number of halogens is 1. The summed E-state index contributed by atoms with van der Waals surface area (Å²) in [7, 11) is 0. The minimum atomic E-state index is -0.976. The highest BCUT2D eigenvalue weighted by atomic mass is 35.5. The number of nitrogens with one attached hydrogen (secondary N) is 2. The lowest BCUT2D eigenvalue weighted by atomic mass is 10.0. The molecule has 1 atom stereocenters. The fraction of sp³-hybridized carbons (Fsp3) is 0.125. The lowest BCUT2D eigenvalue weighted by molar-refractivity contribution is -0.128. The van der Waals surface area contributed by atoms with Crippen molar-refractivity contribution in [2.75, 3.05) is 10.6 Å². The summed E-state index contributed by atoms with van der Waals surface area (Å²) in [5, 5.41) is 5.85. The molecular weight excluding hydrogens is 416 g/mol. The molecule has 3 aromatic carbocycles. The second-order valence-electron chi connectivity index (χ2n) is 7.23. The van der Waals surface area contributed by atoms with Crippen molar-refractivity contribution in [2.45, 2.75) is 19.4 Å². The van der Waals surface area contributed by atoms with Crippen molar-refractivity contribution in [1.29, 1.82) is 0 Å². The van der Waals surface area contributed by atoms with Crippen molar-refractivity contribution in [3.63, 3.8) is 0 Å². The molecule has 0 saturated heterocycles. The zero-order valence-electron chi connectivity index (χ0n) is 16.6. The van der Waals surface area contributed by atoms with E-state index in [0.717, 1.165) is 5.56 Å². The molecule has 0 radical (unpaired) electrons. The van der Waals surface area contributed by atoms with Gasteiger partial charge in [-0.3, -0.25) is 14.4 Å². The van der Waals surface area contributed by atoms with Crippen LogP contribution in [0.3, 0.4) is 0 Å². The van der Waals surface area contributed by atoms with Gasteiger partial charge in [-0.1, -0.05) is 48.0 Å². The summed E-state index contributed by atoms with van der Waals surface area (Å²) in [6.07, 6.45) is -1.18. The van der Waals surface area contributed by atoms with Crippen LogP contribution >= 0.6 is 11.6 Å². The van der Waals surface area contributed by atoms with Crippen molar-refractivity contribution in [2.24, 2.45) is 0 Å². The lowest BCUT2D eigenvalue weighted by Crippen LogP contribution is -2.39. The molecule has 2 N–H and O–H groups in total. The van der Waals surface area contributed by atoms with Crippen LogP contribution in [0, 0.1) is 6.92 Å². The lowest BCUT2D eigenvalue weighted by Gasteiger charge is -2.25. The molecule has 156 valence electrons. The van der Waals surface area contributed by atoms with E-state index < -0.39 is 17.9 Å². The maximum absolute atomic E-state index is 12.9. The summed E-state index contributed by atoms with van der Waals surface area (Å²) < 4.78 is 5.71. The Kier molecular flexibility index (Phi) is 5.73. The molecule has 1 heterocycles. The van der Waals surface area contributed by atoms with Gasteiger partial charge in [0.15, 0.2) is 11.9 Å². The third-order valence-electron chi connectivity index (χ3n) is 4.86. The monoisotopic (exact) mass is 434 g/mol. The molecule has 0 fully saturated rings. The quantitative estimate of drug-likeness (QED) is 0.574. The Morgan fingerprint density at radius 2 is 1.84 bits per heavy atom. The topological polar surface area (TPSA) is 84.5 Å². The summed E-state index contributed by atoms with van der Waals surface area (Å²) in [5.41, 5.74) is 2.62. The second kappa shape index (κ2) is 8.62. The number of hydrogen-bond donors (Lipinski definition) is 2. The van der Waals surface area contributed by atoms with Crippen LogP contribution in [0.4, 0.5) is 11.4 Å². The number of ketones is 1. The Morgan fingerprint density at radius 3 is 2.61 bits per heavy atom. The smallest absolute Gasteiger partial charge is 0.266 e. The Bertz CT molecular complexity index is 1180. The van der Waals surface area contributed by atoms with Crippen molar-refractivity contribution in [3.8, 4) is 5.75 Å². The van der Waals surface area contributed by atoms with Gasteiger partial charge in [-0.25, -0.2) is 0 Å². The third kappa shape index (κ3) is 4.59. The van der Waals surface area contributed by atoms with Crippen LogP contribution in [-0.2, 0) is 9.59 Å². The van der Waals surface area contributed by atoms with Crippen molar-refractivity contribution < 1.29 is 19.1 Å². The highest BCUT2D eigenvalue weighted by Gasteiger charge is 2.30. The van der Waals surface area contributed by atoms with Crippen LogP contribution < -0.4 is 15.4 Å². The molecule has 0 unspecified atom stereocenters. The Labute approximate surface area is 184 Å². The molecule has 7 heteroatoms. The number of aryl methyl sites for hydroxylation is 1. The SMILES string of the molecule is Cc1ccc2c(c1)NC(=O)[C@H](CC(=O)Nc1ccc(Cl)cc1C(=O)c1ccccc1)O2. The molecule has 0 bridgehead atoms. The van der Waals surface area contributed by atoms with Gasteiger partial charge >= 0.3 is 0 Å². The maximum atomic E-state index is 12.9. The highest BCUT2D eigenvalue weighted by molar-refractivity contribution is 6.31. The minimum absolute atomic E-state index is 0.208. The van der Waals surface area contributed by atoms with E-state index in [0.29, 0.717) is 27.7 Å². The van der Waals surface area contributed by atoms with Gasteiger partial charge in [-0.15, -0.1) is 0 Å². The molecule has 1 aliphatic rings. The number of hydrogen-bond acceptors (Lipinski definition) is 4. The van der Waals surface area contributed by atoms with Gasteiger partial charge in [0.2, 0.25) is 5.91 Å². The van der Waals surface area contributed by atoms with E-state index in [1.807, 2.05) is 19.1 Å². The second-order valence-corrected chi connectivity index (χ2v) is 7.67. The molecule has 3 aromatic rings. The first kappa shape index (κ1) is 20.6. The molecule has 0 saturated carbocycles. The van der Waals surface area contributed by atoms with E-state index in [-0.39, 0.29) is 17.8 Å². The summed E-state index contributed by atoms with van der Waals surface area (Å²) in [5.74, 6) is -0.617. The molecule has 0 aromatic heterocycles. The Balaban J connectivity index is 1.51. The average molecular weight is 435 g/mol. The fourth-order valence-corrected chi connectivity index (χ4v) is 3.50. The van der Waals surface area contributed by atoms with Crippen LogP contribution in [0.5, 0.6) is 5.75 Å². The summed E-state index contributed by atoms with van der Waals surface area (Å²) in [6, 6.07) is 18.8. The van der Waals surface area contributed by atoms with Gasteiger partial charge in [0.25, 0.3) is 5.91 Å². The molecule has 1 aliphatic heterocycles. The van der Waals surface area contributed by atoms with Crippen LogP contribution in [-0.4, -0.2) is 23.7 Å². The maximum Gasteiger partial charge on any atom is 0.266 e. The molecule has 0 spiro atoms. The molecule has 2 amide bonds. The predicted octanol–water partition coefficient (Wildman–Crippen LogP) is 4.61. The van der Waals surface area contributed by atoms with E-state index >= 15 is 0 Å². The van der Waals surface area contributed by atoms with Crippen molar-refractivity contribution in [1.82, 2.24) is 0 Å². The van der Waals surface area contributed by atoms with Gasteiger partial charge in [-0.05, 0) is 42.8 Å². The molecule has 4 rings (SSSR count). The van der Waals surface area contributed by atoms with E-state index in [9.17, 15) is 14.4 Å². The average Bonchev–Trinajstić information content (AvgIpc) is 2.76. The molecule has 31 heavy (non-hydrogen) atoms.